The highest BCUT2D eigenvalue weighted by atomic mass is 35.5. The predicted octanol–water partition coefficient (Wildman–Crippen LogP) is 2.37. The molecular weight excluding hydrogens is 307 g/mol. The van der Waals surface area contributed by atoms with E-state index in [0.29, 0.717) is 6.54 Å². The summed E-state index contributed by atoms with van der Waals surface area (Å²) in [5, 5.41) is 3.53. The predicted molar refractivity (Wildman–Crippen MR) is 77.3 cm³/mol. The number of piperidine rings is 1. The molecular formula is C12H16Cl2N2O2S. The second-order valence-electron chi connectivity index (χ2n) is 4.57. The van der Waals surface area contributed by atoms with E-state index in [2.05, 4.69) is 5.32 Å². The fraction of sp³-hybridized carbons (Fsp3) is 0.500. The summed E-state index contributed by atoms with van der Waals surface area (Å²) in [6.07, 6.45) is 1.81. The minimum absolute atomic E-state index is 0.0474. The van der Waals surface area contributed by atoms with Gasteiger partial charge >= 0.3 is 0 Å². The molecule has 1 saturated heterocycles. The van der Waals surface area contributed by atoms with Gasteiger partial charge in [-0.3, -0.25) is 0 Å². The van der Waals surface area contributed by atoms with Gasteiger partial charge in [0.25, 0.3) is 0 Å². The van der Waals surface area contributed by atoms with E-state index in [9.17, 15) is 8.42 Å². The Morgan fingerprint density at radius 2 is 2.11 bits per heavy atom. The van der Waals surface area contributed by atoms with E-state index < -0.39 is 10.0 Å². The molecule has 0 aliphatic carbocycles. The first-order chi connectivity index (χ1) is 8.94. The first kappa shape index (κ1) is 15.1. The zero-order valence-electron chi connectivity index (χ0n) is 10.6. The number of sulfonamides is 1. The maximum atomic E-state index is 12.6. The fourth-order valence-electron chi connectivity index (χ4n) is 2.18. The molecule has 1 atom stereocenters. The second-order valence-corrected chi connectivity index (χ2v) is 7.32. The van der Waals surface area contributed by atoms with E-state index in [0.717, 1.165) is 19.4 Å². The van der Waals surface area contributed by atoms with Crippen LogP contribution < -0.4 is 5.32 Å². The highest BCUT2D eigenvalue weighted by Crippen LogP contribution is 2.31. The van der Waals surface area contributed by atoms with Crippen LogP contribution in [0, 0.1) is 0 Å². The summed E-state index contributed by atoms with van der Waals surface area (Å²) in [7, 11) is -2.03. The summed E-state index contributed by atoms with van der Waals surface area (Å²) in [4.78, 5) is 0.0646. The topological polar surface area (TPSA) is 49.4 Å². The highest BCUT2D eigenvalue weighted by molar-refractivity contribution is 7.89. The molecule has 0 saturated carbocycles. The van der Waals surface area contributed by atoms with Gasteiger partial charge in [0.1, 0.15) is 4.90 Å². The van der Waals surface area contributed by atoms with Gasteiger partial charge < -0.3 is 5.32 Å². The van der Waals surface area contributed by atoms with Gasteiger partial charge in [-0.25, -0.2) is 8.42 Å². The van der Waals surface area contributed by atoms with E-state index in [-0.39, 0.29) is 21.0 Å². The molecule has 1 aromatic rings. The van der Waals surface area contributed by atoms with Gasteiger partial charge in [0, 0.05) is 19.6 Å². The molecule has 1 N–H and O–H groups in total. The maximum absolute atomic E-state index is 12.6. The minimum Gasteiger partial charge on any atom is -0.315 e. The van der Waals surface area contributed by atoms with Crippen LogP contribution in [0.15, 0.2) is 23.1 Å². The van der Waals surface area contributed by atoms with E-state index in [1.165, 1.54) is 10.4 Å². The molecule has 0 radical (unpaired) electrons. The molecule has 19 heavy (non-hydrogen) atoms. The van der Waals surface area contributed by atoms with Crippen LogP contribution >= 0.6 is 23.2 Å². The van der Waals surface area contributed by atoms with Crippen LogP contribution in [0.3, 0.4) is 0 Å². The van der Waals surface area contributed by atoms with Crippen molar-refractivity contribution in [2.24, 2.45) is 0 Å². The number of hydrogen-bond donors (Lipinski definition) is 1. The zero-order valence-corrected chi connectivity index (χ0v) is 12.9. The van der Waals surface area contributed by atoms with Crippen molar-refractivity contribution in [3.05, 3.63) is 28.2 Å². The van der Waals surface area contributed by atoms with Gasteiger partial charge in [0.2, 0.25) is 10.0 Å². The number of likely N-dealkylation sites (N-methyl/N-ethyl adjacent to an activating group) is 1. The van der Waals surface area contributed by atoms with E-state index in [1.807, 2.05) is 0 Å². The second kappa shape index (κ2) is 5.97. The largest absolute Gasteiger partial charge is 0.315 e. The van der Waals surface area contributed by atoms with Gasteiger partial charge in [0.15, 0.2) is 0 Å². The molecule has 7 heteroatoms. The lowest BCUT2D eigenvalue weighted by Gasteiger charge is -2.31. The van der Waals surface area contributed by atoms with Crippen molar-refractivity contribution in [1.29, 1.82) is 0 Å². The first-order valence-corrected chi connectivity index (χ1v) is 8.27. The average Bonchev–Trinajstić information content (AvgIpc) is 2.41. The van der Waals surface area contributed by atoms with Crippen molar-refractivity contribution < 1.29 is 8.42 Å². The quantitative estimate of drug-likeness (QED) is 0.929. The molecule has 1 fully saturated rings. The van der Waals surface area contributed by atoms with Crippen molar-refractivity contribution in [2.75, 3.05) is 20.1 Å². The van der Waals surface area contributed by atoms with Crippen molar-refractivity contribution >= 4 is 33.2 Å². The van der Waals surface area contributed by atoms with E-state index in [1.54, 1.807) is 19.2 Å². The molecule has 2 rings (SSSR count). The lowest BCUT2D eigenvalue weighted by atomic mass is 10.1. The molecule has 0 amide bonds. The number of hydrogen-bond acceptors (Lipinski definition) is 3. The number of rotatable bonds is 3. The third-order valence-corrected chi connectivity index (χ3v) is 6.24. The van der Waals surface area contributed by atoms with E-state index >= 15 is 0 Å². The van der Waals surface area contributed by atoms with Crippen molar-refractivity contribution in [3.8, 4) is 0 Å². The maximum Gasteiger partial charge on any atom is 0.244 e. The smallest absolute Gasteiger partial charge is 0.244 e. The molecule has 1 heterocycles. The monoisotopic (exact) mass is 322 g/mol. The first-order valence-electron chi connectivity index (χ1n) is 6.07. The van der Waals surface area contributed by atoms with Crippen LogP contribution in [-0.2, 0) is 10.0 Å². The van der Waals surface area contributed by atoms with Crippen LogP contribution in [-0.4, -0.2) is 38.9 Å². The average molecular weight is 323 g/mol. The van der Waals surface area contributed by atoms with Gasteiger partial charge in [-0.15, -0.1) is 0 Å². The van der Waals surface area contributed by atoms with Crippen molar-refractivity contribution in [3.63, 3.8) is 0 Å². The van der Waals surface area contributed by atoms with Gasteiger partial charge in [-0.2, -0.15) is 4.31 Å². The summed E-state index contributed by atoms with van der Waals surface area (Å²) < 4.78 is 26.5. The number of nitrogens with one attached hydrogen (secondary N) is 1. The molecule has 0 bridgehead atoms. The fourth-order valence-corrected chi connectivity index (χ4v) is 4.30. The molecule has 4 nitrogen and oxygen atoms in total. The summed E-state index contributed by atoms with van der Waals surface area (Å²) >= 11 is 11.9. The third-order valence-electron chi connectivity index (χ3n) is 3.36. The summed E-state index contributed by atoms with van der Waals surface area (Å²) in [6, 6.07) is 4.60. The molecule has 106 valence electrons. The highest BCUT2D eigenvalue weighted by Gasteiger charge is 2.30. The van der Waals surface area contributed by atoms with Gasteiger partial charge in [0.05, 0.1) is 10.0 Å². The zero-order chi connectivity index (χ0) is 14.0. The normalized spacial score (nSPS) is 20.7. The Balaban J connectivity index is 2.33. The van der Waals surface area contributed by atoms with Crippen molar-refractivity contribution in [2.45, 2.75) is 23.8 Å². The third kappa shape index (κ3) is 3.06. The van der Waals surface area contributed by atoms with Crippen molar-refractivity contribution in [1.82, 2.24) is 9.62 Å². The molecule has 1 aliphatic heterocycles. The Morgan fingerprint density at radius 1 is 1.37 bits per heavy atom. The summed E-state index contributed by atoms with van der Waals surface area (Å²) in [6.45, 7) is 1.59. The number of benzene rings is 1. The summed E-state index contributed by atoms with van der Waals surface area (Å²) in [5.41, 5.74) is 0. The Kier molecular flexibility index (Phi) is 4.74. The number of halogens is 2. The Morgan fingerprint density at radius 3 is 2.74 bits per heavy atom. The Labute approximate surface area is 123 Å². The number of nitrogens with zero attached hydrogens (tertiary/aromatic N) is 1. The van der Waals surface area contributed by atoms with Crippen LogP contribution in [0.4, 0.5) is 0 Å². The molecule has 1 aromatic carbocycles. The minimum atomic E-state index is -3.61. The molecule has 0 spiro atoms. The molecule has 1 unspecified atom stereocenters. The van der Waals surface area contributed by atoms with Crippen LogP contribution in [0.1, 0.15) is 12.8 Å². The van der Waals surface area contributed by atoms with Gasteiger partial charge in [-0.05, 0) is 31.5 Å². The van der Waals surface area contributed by atoms with Crippen LogP contribution in [0.5, 0.6) is 0 Å². The SMILES string of the molecule is CN(C1CCCNC1)S(=O)(=O)c1cccc(Cl)c1Cl. The lowest BCUT2D eigenvalue weighted by Crippen LogP contribution is -2.46. The standard InChI is InChI=1S/C12H16Cl2N2O2S/c1-16(9-4-3-7-15-8-9)19(17,18)11-6-2-5-10(13)12(11)14/h2,5-6,9,15H,3-4,7-8H2,1H3. The molecule has 1 aliphatic rings. The van der Waals surface area contributed by atoms with Gasteiger partial charge in [-0.1, -0.05) is 29.3 Å². The Hall–Kier alpha value is -0.330. The van der Waals surface area contributed by atoms with Crippen LogP contribution in [0.25, 0.3) is 0 Å². The van der Waals surface area contributed by atoms with E-state index in [4.69, 9.17) is 23.2 Å². The summed E-state index contributed by atoms with van der Waals surface area (Å²) in [5.74, 6) is 0. The lowest BCUT2D eigenvalue weighted by molar-refractivity contribution is 0.300. The van der Waals surface area contributed by atoms with Crippen LogP contribution in [0.2, 0.25) is 10.0 Å². The molecule has 0 aromatic heterocycles. The Bertz CT molecular complexity index is 557.